The van der Waals surface area contributed by atoms with Gasteiger partial charge >= 0.3 is 5.97 Å². The predicted octanol–water partition coefficient (Wildman–Crippen LogP) is 9.07. The van der Waals surface area contributed by atoms with Crippen LogP contribution in [0.5, 0.6) is 5.75 Å². The molecular weight excluding hydrogens is 444 g/mol. The Morgan fingerprint density at radius 1 is 0.971 bits per heavy atom. The maximum Gasteiger partial charge on any atom is 0.306 e. The Labute approximate surface area is 211 Å². The summed E-state index contributed by atoms with van der Waals surface area (Å²) >= 11 is 5.78. The first-order chi connectivity index (χ1) is 16.7. The molecule has 0 amide bonds. The minimum Gasteiger partial charge on any atom is -0.488 e. The number of carbonyl (C=O) groups excluding carboxylic acids is 1. The van der Waals surface area contributed by atoms with Crippen LogP contribution in [-0.4, -0.2) is 12.6 Å². The van der Waals surface area contributed by atoms with E-state index in [0.29, 0.717) is 19.6 Å². The first-order valence-corrected chi connectivity index (χ1v) is 13.3. The number of unbranched alkanes of at least 4 members (excludes halogenated alkanes) is 8. The van der Waals surface area contributed by atoms with Crippen molar-refractivity contribution in [2.75, 3.05) is 6.61 Å². The van der Waals surface area contributed by atoms with Gasteiger partial charge in [0.1, 0.15) is 19.0 Å². The van der Waals surface area contributed by atoms with Crippen LogP contribution in [0.25, 0.3) is 6.08 Å². The highest BCUT2D eigenvalue weighted by molar-refractivity contribution is 6.25. The van der Waals surface area contributed by atoms with Gasteiger partial charge in [-0.05, 0) is 56.2 Å². The molecule has 2 rings (SSSR count). The molecule has 0 aliphatic carbocycles. The normalized spacial score (nSPS) is 14.5. The fourth-order valence-electron chi connectivity index (χ4n) is 3.74. The van der Waals surface area contributed by atoms with Gasteiger partial charge in [0.15, 0.2) is 0 Å². The highest BCUT2D eigenvalue weighted by Gasteiger charge is 2.09. The van der Waals surface area contributed by atoms with Crippen molar-refractivity contribution in [3.8, 4) is 5.75 Å². The molecule has 0 aromatic heterocycles. The summed E-state index contributed by atoms with van der Waals surface area (Å²) in [7, 11) is 0. The molecule has 1 aliphatic rings. The second-order valence-corrected chi connectivity index (χ2v) is 9.04. The Kier molecular flexibility index (Phi) is 14.9. The van der Waals surface area contributed by atoms with Gasteiger partial charge < -0.3 is 9.47 Å². The van der Waals surface area contributed by atoms with Crippen LogP contribution in [-0.2, 0) is 16.1 Å². The topological polar surface area (TPSA) is 35.5 Å². The number of fused-ring (bicyclic) bond motifs is 1. The zero-order valence-corrected chi connectivity index (χ0v) is 21.5. The van der Waals surface area contributed by atoms with E-state index >= 15 is 0 Å². The van der Waals surface area contributed by atoms with E-state index in [-0.39, 0.29) is 5.97 Å². The second-order valence-electron chi connectivity index (χ2n) is 8.82. The van der Waals surface area contributed by atoms with E-state index in [1.54, 1.807) is 0 Å². The highest BCUT2D eigenvalue weighted by atomic mass is 35.5. The lowest BCUT2D eigenvalue weighted by molar-refractivity contribution is -0.145. The molecule has 0 bridgehead atoms. The van der Waals surface area contributed by atoms with Gasteiger partial charge in [-0.3, -0.25) is 4.79 Å². The van der Waals surface area contributed by atoms with Crippen LogP contribution < -0.4 is 4.74 Å². The van der Waals surface area contributed by atoms with Crippen molar-refractivity contribution < 1.29 is 14.3 Å². The fraction of sp³-hybridized carbons (Fsp3) is 0.500. The van der Waals surface area contributed by atoms with Gasteiger partial charge in [-0.15, -0.1) is 0 Å². The molecule has 1 aliphatic heterocycles. The first-order valence-electron chi connectivity index (χ1n) is 12.9. The number of rotatable bonds is 16. The summed E-state index contributed by atoms with van der Waals surface area (Å²) in [5, 5.41) is 0. The summed E-state index contributed by atoms with van der Waals surface area (Å²) < 4.78 is 11.2. The molecule has 0 radical (unpaired) electrons. The van der Waals surface area contributed by atoms with Gasteiger partial charge in [0.05, 0.1) is 0 Å². The van der Waals surface area contributed by atoms with Crippen LogP contribution in [0.4, 0.5) is 0 Å². The predicted molar refractivity (Wildman–Crippen MR) is 144 cm³/mol. The quantitative estimate of drug-likeness (QED) is 0.133. The second kappa shape index (κ2) is 18.1. The average molecular weight is 485 g/mol. The van der Waals surface area contributed by atoms with E-state index in [4.69, 9.17) is 21.1 Å². The van der Waals surface area contributed by atoms with Gasteiger partial charge in [-0.1, -0.05) is 93.2 Å². The van der Waals surface area contributed by atoms with Crippen molar-refractivity contribution in [1.82, 2.24) is 0 Å². The maximum atomic E-state index is 12.1. The SMILES string of the molecule is CCCCC/C=C\C/C=C\CCCCCCCC(=O)OCc1ccc2c(c1)C=C/C(=C/Cl)CO2. The van der Waals surface area contributed by atoms with Crippen LogP contribution >= 0.6 is 11.6 Å². The third kappa shape index (κ3) is 12.3. The standard InChI is InChI=1S/C30H41ClO3/c1-2-3-4-5-6-7-8-9-10-11-12-13-14-15-16-17-30(32)34-24-26-19-21-29-28(22-26)20-18-27(23-31)25-33-29/h6-7,9-10,18-23H,2-5,8,11-17,24-25H2,1H3/b7-6-,10-9-,27-23-. The molecule has 0 fully saturated rings. The number of benzene rings is 1. The van der Waals surface area contributed by atoms with Crippen LogP contribution in [0.15, 0.2) is 59.7 Å². The summed E-state index contributed by atoms with van der Waals surface area (Å²) in [6.07, 6.45) is 26.5. The first kappa shape index (κ1) is 28.0. The zero-order valence-electron chi connectivity index (χ0n) is 20.8. The molecule has 3 nitrogen and oxygen atoms in total. The van der Waals surface area contributed by atoms with Crippen LogP contribution in [0.2, 0.25) is 0 Å². The molecule has 0 spiro atoms. The molecule has 0 atom stereocenters. The minimum atomic E-state index is -0.125. The van der Waals surface area contributed by atoms with E-state index in [1.165, 1.54) is 50.5 Å². The molecule has 4 heteroatoms. The van der Waals surface area contributed by atoms with Crippen molar-refractivity contribution in [2.45, 2.75) is 90.6 Å². The molecule has 0 unspecified atom stereocenters. The number of esters is 1. The number of hydrogen-bond acceptors (Lipinski definition) is 3. The summed E-state index contributed by atoms with van der Waals surface area (Å²) in [4.78, 5) is 12.1. The van der Waals surface area contributed by atoms with Gasteiger partial charge in [0.25, 0.3) is 0 Å². The fourth-order valence-corrected chi connectivity index (χ4v) is 3.88. The number of ether oxygens (including phenoxy) is 2. The summed E-state index contributed by atoms with van der Waals surface area (Å²) in [6, 6.07) is 5.85. The molecule has 1 aromatic carbocycles. The Hall–Kier alpha value is -2.26. The van der Waals surface area contributed by atoms with Crippen molar-refractivity contribution in [3.05, 3.63) is 70.8 Å². The zero-order chi connectivity index (χ0) is 24.3. The van der Waals surface area contributed by atoms with Crippen LogP contribution in [0, 0.1) is 0 Å². The third-order valence-corrected chi connectivity index (χ3v) is 6.10. The van der Waals surface area contributed by atoms with E-state index < -0.39 is 0 Å². The molecule has 0 saturated heterocycles. The molecule has 0 saturated carbocycles. The largest absolute Gasteiger partial charge is 0.488 e. The minimum absolute atomic E-state index is 0.125. The van der Waals surface area contributed by atoms with Crippen LogP contribution in [0.3, 0.4) is 0 Å². The highest BCUT2D eigenvalue weighted by Crippen LogP contribution is 2.26. The van der Waals surface area contributed by atoms with Crippen molar-refractivity contribution >= 4 is 23.6 Å². The van der Waals surface area contributed by atoms with E-state index in [9.17, 15) is 4.79 Å². The number of hydrogen-bond donors (Lipinski definition) is 0. The van der Waals surface area contributed by atoms with Crippen molar-refractivity contribution in [1.29, 1.82) is 0 Å². The van der Waals surface area contributed by atoms with E-state index in [0.717, 1.165) is 48.1 Å². The Bertz CT molecular complexity index is 835. The molecule has 1 heterocycles. The summed E-state index contributed by atoms with van der Waals surface area (Å²) in [5.41, 5.74) is 4.37. The average Bonchev–Trinajstić information content (AvgIpc) is 3.07. The number of carbonyl (C=O) groups is 1. The number of halogens is 1. The Morgan fingerprint density at radius 2 is 1.71 bits per heavy atom. The lowest BCUT2D eigenvalue weighted by Gasteiger charge is -2.09. The van der Waals surface area contributed by atoms with Gasteiger partial charge in [0, 0.05) is 23.1 Å². The Balaban J connectivity index is 1.49. The third-order valence-electron chi connectivity index (χ3n) is 5.82. The number of allylic oxidation sites excluding steroid dienone is 4. The van der Waals surface area contributed by atoms with Crippen molar-refractivity contribution in [3.63, 3.8) is 0 Å². The lowest BCUT2D eigenvalue weighted by atomic mass is 10.1. The van der Waals surface area contributed by atoms with Crippen molar-refractivity contribution in [2.24, 2.45) is 0 Å². The van der Waals surface area contributed by atoms with Crippen LogP contribution in [0.1, 0.15) is 95.1 Å². The molecule has 1 aromatic rings. The molecule has 0 N–H and O–H groups in total. The smallest absolute Gasteiger partial charge is 0.306 e. The van der Waals surface area contributed by atoms with Gasteiger partial charge in [0.2, 0.25) is 0 Å². The van der Waals surface area contributed by atoms with E-state index in [1.807, 2.05) is 30.4 Å². The maximum absolute atomic E-state index is 12.1. The van der Waals surface area contributed by atoms with E-state index in [2.05, 4.69) is 31.2 Å². The summed E-state index contributed by atoms with van der Waals surface area (Å²) in [6.45, 7) is 2.98. The Morgan fingerprint density at radius 3 is 2.47 bits per heavy atom. The molecule has 186 valence electrons. The monoisotopic (exact) mass is 484 g/mol. The lowest BCUT2D eigenvalue weighted by Crippen LogP contribution is -2.05. The molecular formula is C30H41ClO3. The molecule has 34 heavy (non-hydrogen) atoms. The van der Waals surface area contributed by atoms with Gasteiger partial charge in [-0.25, -0.2) is 0 Å². The summed E-state index contributed by atoms with van der Waals surface area (Å²) in [5.74, 6) is 0.685. The van der Waals surface area contributed by atoms with Gasteiger partial charge in [-0.2, -0.15) is 0 Å².